The Morgan fingerprint density at radius 2 is 1.32 bits per heavy atom. The Kier molecular flexibility index (Phi) is 3.30. The summed E-state index contributed by atoms with van der Waals surface area (Å²) >= 11 is 6.79. The molecule has 1 heterocycles. The highest BCUT2D eigenvalue weighted by Gasteiger charge is 2.22. The summed E-state index contributed by atoms with van der Waals surface area (Å²) in [6.45, 7) is 0. The van der Waals surface area contributed by atoms with E-state index in [0.29, 0.717) is 28.5 Å². The molecule has 0 amide bonds. The molecule has 0 fully saturated rings. The molecule has 0 atom stereocenters. The molecular formula is C12H7BBr2O4. The fourth-order valence-corrected chi connectivity index (χ4v) is 2.40. The number of fused-ring (bicyclic) bond motifs is 2. The van der Waals surface area contributed by atoms with Crippen molar-refractivity contribution < 1.29 is 19.5 Å². The van der Waals surface area contributed by atoms with E-state index in [-0.39, 0.29) is 0 Å². The van der Waals surface area contributed by atoms with Crippen molar-refractivity contribution >= 4 is 44.4 Å². The lowest BCUT2D eigenvalue weighted by molar-refractivity contribution is 0.359. The van der Waals surface area contributed by atoms with Gasteiger partial charge in [0, 0.05) is 21.1 Å². The van der Waals surface area contributed by atoms with E-state index in [9.17, 15) is 0 Å². The Labute approximate surface area is 126 Å². The summed E-state index contributed by atoms with van der Waals surface area (Å²) in [5.41, 5.74) is 0.349. The maximum absolute atomic E-state index is 9.15. The van der Waals surface area contributed by atoms with Crippen LogP contribution in [0.1, 0.15) is 0 Å². The zero-order chi connectivity index (χ0) is 13.6. The first-order chi connectivity index (χ1) is 9.04. The summed E-state index contributed by atoms with van der Waals surface area (Å²) in [6.07, 6.45) is 0. The maximum atomic E-state index is 9.15. The molecule has 0 bridgehead atoms. The molecule has 0 aromatic heterocycles. The summed E-state index contributed by atoms with van der Waals surface area (Å²) in [7, 11) is -1.54. The molecule has 7 heteroatoms. The Morgan fingerprint density at radius 1 is 0.789 bits per heavy atom. The molecule has 4 nitrogen and oxygen atoms in total. The molecule has 3 rings (SSSR count). The monoisotopic (exact) mass is 384 g/mol. The van der Waals surface area contributed by atoms with Gasteiger partial charge >= 0.3 is 7.12 Å². The van der Waals surface area contributed by atoms with Crippen LogP contribution in [0.25, 0.3) is 0 Å². The first kappa shape index (κ1) is 13.0. The number of hydrogen-bond donors (Lipinski definition) is 2. The quantitative estimate of drug-likeness (QED) is 0.632. The second kappa shape index (κ2) is 4.83. The van der Waals surface area contributed by atoms with Gasteiger partial charge in [-0.15, -0.1) is 0 Å². The van der Waals surface area contributed by atoms with Crippen molar-refractivity contribution in [2.75, 3.05) is 0 Å². The van der Waals surface area contributed by atoms with Crippen LogP contribution in [0.2, 0.25) is 0 Å². The minimum atomic E-state index is -1.54. The zero-order valence-corrected chi connectivity index (χ0v) is 12.6. The highest BCUT2D eigenvalue weighted by atomic mass is 79.9. The van der Waals surface area contributed by atoms with Crippen LogP contribution >= 0.6 is 31.9 Å². The van der Waals surface area contributed by atoms with Gasteiger partial charge < -0.3 is 19.5 Å². The van der Waals surface area contributed by atoms with Gasteiger partial charge in [0.2, 0.25) is 0 Å². The molecule has 1 aliphatic heterocycles. The summed E-state index contributed by atoms with van der Waals surface area (Å²) < 4.78 is 13.1. The smallest absolute Gasteiger partial charge is 0.449 e. The Hall–Kier alpha value is -1.02. The first-order valence-corrected chi connectivity index (χ1v) is 6.98. The van der Waals surface area contributed by atoms with E-state index < -0.39 is 7.12 Å². The van der Waals surface area contributed by atoms with Gasteiger partial charge in [0.15, 0.2) is 23.0 Å². The molecule has 0 radical (unpaired) electrons. The van der Waals surface area contributed by atoms with Crippen molar-refractivity contribution in [2.24, 2.45) is 0 Å². The third-order valence-corrected chi connectivity index (χ3v) is 4.54. The molecule has 96 valence electrons. The summed E-state index contributed by atoms with van der Waals surface area (Å²) in [5, 5.41) is 18.3. The van der Waals surface area contributed by atoms with Gasteiger partial charge in [-0.2, -0.15) is 0 Å². The average molecular weight is 386 g/mol. The minimum Gasteiger partial charge on any atom is -0.449 e. The second-order valence-electron chi connectivity index (χ2n) is 4.00. The number of benzene rings is 2. The van der Waals surface area contributed by atoms with E-state index in [1.165, 1.54) is 0 Å². The molecule has 0 saturated heterocycles. The van der Waals surface area contributed by atoms with Crippen LogP contribution in [0.4, 0.5) is 0 Å². The SMILES string of the molecule is OB(O)c1ccc2c(c1)Oc1cc(Br)c(Br)cc1O2. The van der Waals surface area contributed by atoms with Gasteiger partial charge in [0.05, 0.1) is 0 Å². The van der Waals surface area contributed by atoms with Gasteiger partial charge in [0.25, 0.3) is 0 Å². The Morgan fingerprint density at radius 3 is 1.89 bits per heavy atom. The molecule has 2 aromatic rings. The van der Waals surface area contributed by atoms with E-state index in [4.69, 9.17) is 19.5 Å². The Bertz CT molecular complexity index is 660. The number of rotatable bonds is 1. The van der Waals surface area contributed by atoms with E-state index in [2.05, 4.69) is 31.9 Å². The number of halogens is 2. The largest absolute Gasteiger partial charge is 0.488 e. The molecule has 2 aromatic carbocycles. The topological polar surface area (TPSA) is 58.9 Å². The normalized spacial score (nSPS) is 12.0. The van der Waals surface area contributed by atoms with E-state index in [1.54, 1.807) is 30.3 Å². The van der Waals surface area contributed by atoms with Crippen molar-refractivity contribution in [2.45, 2.75) is 0 Å². The lowest BCUT2D eigenvalue weighted by atomic mass is 9.80. The molecule has 1 aliphatic rings. The van der Waals surface area contributed by atoms with Crippen LogP contribution in [-0.2, 0) is 0 Å². The van der Waals surface area contributed by atoms with Gasteiger partial charge in [-0.1, -0.05) is 6.07 Å². The van der Waals surface area contributed by atoms with Crippen LogP contribution < -0.4 is 14.9 Å². The average Bonchev–Trinajstić information content (AvgIpc) is 2.37. The van der Waals surface area contributed by atoms with Crippen molar-refractivity contribution in [3.8, 4) is 23.0 Å². The number of hydrogen-bond acceptors (Lipinski definition) is 4. The van der Waals surface area contributed by atoms with E-state index in [1.807, 2.05) is 0 Å². The predicted molar refractivity (Wildman–Crippen MR) is 78.3 cm³/mol. The fraction of sp³-hybridized carbons (Fsp3) is 0. The highest BCUT2D eigenvalue weighted by molar-refractivity contribution is 9.13. The summed E-state index contributed by atoms with van der Waals surface area (Å²) in [6, 6.07) is 8.34. The lowest BCUT2D eigenvalue weighted by Crippen LogP contribution is -2.29. The predicted octanol–water partition coefficient (Wildman–Crippen LogP) is 2.79. The molecule has 0 spiro atoms. The van der Waals surface area contributed by atoms with E-state index in [0.717, 1.165) is 8.95 Å². The van der Waals surface area contributed by atoms with Crippen LogP contribution in [0.5, 0.6) is 23.0 Å². The van der Waals surface area contributed by atoms with Crippen molar-refractivity contribution in [3.63, 3.8) is 0 Å². The molecule has 0 unspecified atom stereocenters. The lowest BCUT2D eigenvalue weighted by Gasteiger charge is -2.21. The van der Waals surface area contributed by atoms with Gasteiger partial charge in [-0.05, 0) is 49.5 Å². The fourth-order valence-electron chi connectivity index (χ4n) is 1.76. The van der Waals surface area contributed by atoms with Gasteiger partial charge in [-0.25, -0.2) is 0 Å². The minimum absolute atomic E-state index is 0.349. The number of ether oxygens (including phenoxy) is 2. The van der Waals surface area contributed by atoms with Crippen LogP contribution in [0, 0.1) is 0 Å². The molecule has 2 N–H and O–H groups in total. The molecular weight excluding hydrogens is 379 g/mol. The third-order valence-electron chi connectivity index (χ3n) is 2.69. The third kappa shape index (κ3) is 2.39. The van der Waals surface area contributed by atoms with E-state index >= 15 is 0 Å². The van der Waals surface area contributed by atoms with Crippen LogP contribution in [0.15, 0.2) is 39.3 Å². The molecule has 19 heavy (non-hydrogen) atoms. The van der Waals surface area contributed by atoms with Crippen LogP contribution in [-0.4, -0.2) is 17.2 Å². The van der Waals surface area contributed by atoms with Crippen LogP contribution in [0.3, 0.4) is 0 Å². The highest BCUT2D eigenvalue weighted by Crippen LogP contribution is 2.47. The standard InChI is InChI=1S/C12H7BBr2O4/c14-7-4-11-12(5-8(7)15)19-10-3-6(13(16)17)1-2-9(10)18-11/h1-5,16-17H. The summed E-state index contributed by atoms with van der Waals surface area (Å²) in [4.78, 5) is 0. The van der Waals surface area contributed by atoms with Crippen molar-refractivity contribution in [1.82, 2.24) is 0 Å². The zero-order valence-electron chi connectivity index (χ0n) is 9.43. The van der Waals surface area contributed by atoms with Crippen molar-refractivity contribution in [3.05, 3.63) is 39.3 Å². The second-order valence-corrected chi connectivity index (χ2v) is 5.71. The Balaban J connectivity index is 2.04. The van der Waals surface area contributed by atoms with Gasteiger partial charge in [0.1, 0.15) is 0 Å². The molecule has 0 aliphatic carbocycles. The summed E-state index contributed by atoms with van der Waals surface area (Å²) in [5.74, 6) is 2.14. The maximum Gasteiger partial charge on any atom is 0.488 e. The van der Waals surface area contributed by atoms with Gasteiger partial charge in [-0.3, -0.25) is 0 Å². The molecule has 0 saturated carbocycles. The first-order valence-electron chi connectivity index (χ1n) is 5.39. The van der Waals surface area contributed by atoms with Crippen molar-refractivity contribution in [1.29, 1.82) is 0 Å².